The van der Waals surface area contributed by atoms with Gasteiger partial charge in [0, 0.05) is 0 Å². The summed E-state index contributed by atoms with van der Waals surface area (Å²) in [5.41, 5.74) is -0.368. The molecule has 146 valence electrons. The van der Waals surface area contributed by atoms with Crippen LogP contribution in [0, 0.1) is 29.1 Å². The van der Waals surface area contributed by atoms with E-state index in [0.29, 0.717) is 17.8 Å². The number of ether oxygens (including phenoxy) is 2. The van der Waals surface area contributed by atoms with Gasteiger partial charge in [0.2, 0.25) is 0 Å². The van der Waals surface area contributed by atoms with Gasteiger partial charge in [0.15, 0.2) is 6.61 Å². The molecule has 0 radical (unpaired) electrons. The lowest BCUT2D eigenvalue weighted by Gasteiger charge is -2.55. The number of carbonyl (C=O) groups excluding carboxylic acids is 3. The molecule has 6 nitrogen and oxygen atoms in total. The van der Waals surface area contributed by atoms with Gasteiger partial charge >= 0.3 is 11.9 Å². The average Bonchev–Trinajstić information content (AvgIpc) is 2.61. The van der Waals surface area contributed by atoms with Crippen LogP contribution in [0.2, 0.25) is 0 Å². The summed E-state index contributed by atoms with van der Waals surface area (Å²) in [4.78, 5) is 36.9. The molecule has 4 aliphatic rings. The first-order valence-corrected chi connectivity index (χ1v) is 9.91. The van der Waals surface area contributed by atoms with E-state index >= 15 is 0 Å². The number of nitrogens with one attached hydrogen (secondary N) is 1. The van der Waals surface area contributed by atoms with E-state index in [1.807, 2.05) is 13.8 Å². The molecule has 2 unspecified atom stereocenters. The van der Waals surface area contributed by atoms with Crippen LogP contribution in [0.5, 0.6) is 0 Å². The van der Waals surface area contributed by atoms with E-state index in [-0.39, 0.29) is 23.9 Å². The molecular weight excluding hydrogens is 334 g/mol. The molecule has 0 aromatic heterocycles. The van der Waals surface area contributed by atoms with Crippen LogP contribution in [0.15, 0.2) is 0 Å². The van der Waals surface area contributed by atoms with Crippen molar-refractivity contribution in [3.05, 3.63) is 0 Å². The topological polar surface area (TPSA) is 81.7 Å². The highest BCUT2D eigenvalue weighted by atomic mass is 16.5. The molecule has 4 rings (SSSR count). The molecule has 2 atom stereocenters. The zero-order valence-electron chi connectivity index (χ0n) is 16.1. The molecule has 4 bridgehead atoms. The number of amides is 1. The minimum atomic E-state index is -0.712. The van der Waals surface area contributed by atoms with Crippen LogP contribution in [0.1, 0.15) is 58.8 Å². The molecule has 6 heteroatoms. The fourth-order valence-electron chi connectivity index (χ4n) is 5.66. The zero-order chi connectivity index (χ0) is 18.9. The van der Waals surface area contributed by atoms with Gasteiger partial charge in [0.1, 0.15) is 6.04 Å². The molecule has 4 aliphatic carbocycles. The van der Waals surface area contributed by atoms with Crippen molar-refractivity contribution >= 4 is 17.8 Å². The summed E-state index contributed by atoms with van der Waals surface area (Å²) in [5, 5.41) is 2.66. The minimum Gasteiger partial charge on any atom is -0.467 e. The van der Waals surface area contributed by atoms with E-state index in [1.54, 1.807) is 0 Å². The third-order valence-corrected chi connectivity index (χ3v) is 6.79. The predicted molar refractivity (Wildman–Crippen MR) is 95.0 cm³/mol. The third kappa shape index (κ3) is 3.74. The van der Waals surface area contributed by atoms with Crippen molar-refractivity contribution < 1.29 is 23.9 Å². The molecule has 1 amide bonds. The highest BCUT2D eigenvalue weighted by molar-refractivity contribution is 5.87. The van der Waals surface area contributed by atoms with E-state index in [2.05, 4.69) is 5.32 Å². The third-order valence-electron chi connectivity index (χ3n) is 6.79. The summed E-state index contributed by atoms with van der Waals surface area (Å²) in [6.07, 6.45) is 7.23. The lowest BCUT2D eigenvalue weighted by atomic mass is 9.49. The molecule has 0 aromatic carbocycles. The lowest BCUT2D eigenvalue weighted by molar-refractivity contribution is -0.173. The smallest absolute Gasteiger partial charge is 0.328 e. The van der Waals surface area contributed by atoms with Crippen molar-refractivity contribution in [2.75, 3.05) is 13.7 Å². The van der Waals surface area contributed by atoms with Crippen LogP contribution < -0.4 is 5.32 Å². The summed E-state index contributed by atoms with van der Waals surface area (Å²) in [6.45, 7) is 3.49. The van der Waals surface area contributed by atoms with Gasteiger partial charge in [0.25, 0.3) is 5.91 Å². The van der Waals surface area contributed by atoms with Gasteiger partial charge in [0.05, 0.1) is 12.5 Å². The Morgan fingerprint density at radius 1 is 1.08 bits per heavy atom. The molecule has 0 heterocycles. The van der Waals surface area contributed by atoms with Gasteiger partial charge in [-0.05, 0) is 62.2 Å². The second-order valence-corrected chi connectivity index (χ2v) is 8.73. The maximum absolute atomic E-state index is 12.8. The van der Waals surface area contributed by atoms with Gasteiger partial charge in [-0.3, -0.25) is 9.59 Å². The molecule has 0 aromatic rings. The second kappa shape index (κ2) is 7.57. The number of carbonyl (C=O) groups is 3. The molecule has 4 saturated carbocycles. The Morgan fingerprint density at radius 2 is 1.62 bits per heavy atom. The summed E-state index contributed by atoms with van der Waals surface area (Å²) < 4.78 is 10.2. The standard InChI is InChI=1S/C20H31NO5/c1-4-12(2)17(18(23)25-3)21-16(22)11-26-19(24)20-8-13-5-14(9-20)7-15(6-13)10-20/h12-15,17H,4-11H2,1-3H3,(H,21,22). The Hall–Kier alpha value is -1.59. The van der Waals surface area contributed by atoms with E-state index in [1.165, 1.54) is 26.4 Å². The predicted octanol–water partition coefficient (Wildman–Crippen LogP) is 2.45. The van der Waals surface area contributed by atoms with Crippen LogP contribution in [-0.4, -0.2) is 37.6 Å². The molecular formula is C20H31NO5. The second-order valence-electron chi connectivity index (χ2n) is 8.73. The highest BCUT2D eigenvalue weighted by Gasteiger charge is 2.55. The molecule has 26 heavy (non-hydrogen) atoms. The number of esters is 2. The van der Waals surface area contributed by atoms with Crippen LogP contribution in [-0.2, 0) is 23.9 Å². The Kier molecular flexibility index (Phi) is 5.58. The fraction of sp³-hybridized carbons (Fsp3) is 0.850. The van der Waals surface area contributed by atoms with E-state index in [4.69, 9.17) is 9.47 Å². The summed E-state index contributed by atoms with van der Waals surface area (Å²) >= 11 is 0. The van der Waals surface area contributed by atoms with E-state index in [0.717, 1.165) is 25.7 Å². The molecule has 4 fully saturated rings. The first kappa shape index (κ1) is 19.2. The molecule has 0 saturated heterocycles. The largest absolute Gasteiger partial charge is 0.467 e. The summed E-state index contributed by atoms with van der Waals surface area (Å²) in [6, 6.07) is -0.712. The van der Waals surface area contributed by atoms with E-state index < -0.39 is 17.9 Å². The SMILES string of the molecule is CCC(C)C(NC(=O)COC(=O)C12CC3CC(CC(C3)C1)C2)C(=O)OC. The van der Waals surface area contributed by atoms with Crippen molar-refractivity contribution in [1.82, 2.24) is 5.32 Å². The Balaban J connectivity index is 1.54. The van der Waals surface area contributed by atoms with Crippen LogP contribution >= 0.6 is 0 Å². The van der Waals surface area contributed by atoms with E-state index in [9.17, 15) is 14.4 Å². The Bertz CT molecular complexity index is 537. The van der Waals surface area contributed by atoms with Crippen LogP contribution in [0.4, 0.5) is 0 Å². The number of hydrogen-bond acceptors (Lipinski definition) is 5. The summed E-state index contributed by atoms with van der Waals surface area (Å²) in [5.74, 6) is 0.763. The molecule has 0 aliphatic heterocycles. The monoisotopic (exact) mass is 365 g/mol. The van der Waals surface area contributed by atoms with Crippen molar-refractivity contribution in [3.63, 3.8) is 0 Å². The Labute approximate surface area is 155 Å². The van der Waals surface area contributed by atoms with Gasteiger partial charge < -0.3 is 14.8 Å². The quantitative estimate of drug-likeness (QED) is 0.701. The highest BCUT2D eigenvalue weighted by Crippen LogP contribution is 2.60. The van der Waals surface area contributed by atoms with Crippen molar-refractivity contribution in [2.24, 2.45) is 29.1 Å². The van der Waals surface area contributed by atoms with Crippen molar-refractivity contribution in [1.29, 1.82) is 0 Å². The van der Waals surface area contributed by atoms with Gasteiger partial charge in [-0.15, -0.1) is 0 Å². The van der Waals surface area contributed by atoms with Crippen LogP contribution in [0.3, 0.4) is 0 Å². The van der Waals surface area contributed by atoms with Crippen molar-refractivity contribution in [3.8, 4) is 0 Å². The number of rotatable bonds is 7. The number of hydrogen-bond donors (Lipinski definition) is 1. The maximum Gasteiger partial charge on any atom is 0.328 e. The van der Waals surface area contributed by atoms with Gasteiger partial charge in [-0.1, -0.05) is 20.3 Å². The van der Waals surface area contributed by atoms with Crippen molar-refractivity contribution in [2.45, 2.75) is 64.8 Å². The van der Waals surface area contributed by atoms with Gasteiger partial charge in [-0.25, -0.2) is 4.79 Å². The molecule has 0 spiro atoms. The van der Waals surface area contributed by atoms with Gasteiger partial charge in [-0.2, -0.15) is 0 Å². The zero-order valence-corrected chi connectivity index (χ0v) is 16.1. The summed E-state index contributed by atoms with van der Waals surface area (Å²) in [7, 11) is 1.30. The fourth-order valence-corrected chi connectivity index (χ4v) is 5.66. The average molecular weight is 365 g/mol. The van der Waals surface area contributed by atoms with Crippen LogP contribution in [0.25, 0.3) is 0 Å². The Morgan fingerprint density at radius 3 is 2.08 bits per heavy atom. The maximum atomic E-state index is 12.8. The molecule has 1 N–H and O–H groups in total. The first-order chi connectivity index (χ1) is 12.4. The normalized spacial score (nSPS) is 34.0. The number of methoxy groups -OCH3 is 1. The first-order valence-electron chi connectivity index (χ1n) is 9.91. The lowest BCUT2D eigenvalue weighted by Crippen LogP contribution is -2.51. The minimum absolute atomic E-state index is 0.0507.